The van der Waals surface area contributed by atoms with Crippen molar-refractivity contribution in [2.75, 3.05) is 11.1 Å². The van der Waals surface area contributed by atoms with Crippen LogP contribution in [0.4, 0.5) is 5.69 Å². The van der Waals surface area contributed by atoms with E-state index in [1.807, 2.05) is 0 Å². The number of benzene rings is 1. The second-order valence-electron chi connectivity index (χ2n) is 3.46. The average Bonchev–Trinajstić information content (AvgIpc) is 2.18. The summed E-state index contributed by atoms with van der Waals surface area (Å²) in [5.74, 6) is -1.59. The van der Waals surface area contributed by atoms with E-state index in [1.54, 1.807) is 12.1 Å². The number of rotatable bonds is 1. The van der Waals surface area contributed by atoms with Crippen LogP contribution >= 0.6 is 15.9 Å². The summed E-state index contributed by atoms with van der Waals surface area (Å²) < 4.78 is 24.3. The van der Waals surface area contributed by atoms with Gasteiger partial charge in [-0.25, -0.2) is 13.2 Å². The molecule has 0 spiro atoms. The van der Waals surface area contributed by atoms with E-state index in [-0.39, 0.29) is 4.90 Å². The number of carboxylic acid groups (broad SMARTS) is 1. The van der Waals surface area contributed by atoms with Crippen molar-refractivity contribution in [3.8, 4) is 0 Å². The summed E-state index contributed by atoms with van der Waals surface area (Å²) in [6.07, 6.45) is 0. The minimum absolute atomic E-state index is 0.138. The van der Waals surface area contributed by atoms with Gasteiger partial charge in [-0.3, -0.25) is 0 Å². The Morgan fingerprint density at radius 1 is 1.50 bits per heavy atom. The lowest BCUT2D eigenvalue weighted by Crippen LogP contribution is -2.40. The quantitative estimate of drug-likeness (QED) is 0.812. The molecule has 0 radical (unpaired) electrons. The number of hydrogen-bond donors (Lipinski definition) is 2. The molecule has 0 aromatic heterocycles. The van der Waals surface area contributed by atoms with Crippen molar-refractivity contribution in [2.45, 2.75) is 10.9 Å². The largest absolute Gasteiger partial charge is 0.480 e. The van der Waals surface area contributed by atoms with E-state index >= 15 is 0 Å². The normalized spacial score (nSPS) is 21.9. The molecule has 7 heteroatoms. The van der Waals surface area contributed by atoms with Crippen LogP contribution in [0.3, 0.4) is 0 Å². The molecular weight excluding hydrogens is 298 g/mol. The van der Waals surface area contributed by atoms with Crippen molar-refractivity contribution < 1.29 is 18.3 Å². The summed E-state index contributed by atoms with van der Waals surface area (Å²) in [5.41, 5.74) is 0.335. The second-order valence-corrected chi connectivity index (χ2v) is 6.38. The van der Waals surface area contributed by atoms with E-state index < -0.39 is 27.6 Å². The Hall–Kier alpha value is -1.08. The Labute approximate surface area is 101 Å². The van der Waals surface area contributed by atoms with Gasteiger partial charge >= 0.3 is 5.97 Å². The lowest BCUT2D eigenvalue weighted by molar-refractivity contribution is -0.137. The van der Waals surface area contributed by atoms with E-state index in [0.29, 0.717) is 10.2 Å². The molecule has 1 heterocycles. The number of hydrogen-bond acceptors (Lipinski definition) is 4. The first kappa shape index (κ1) is 11.4. The van der Waals surface area contributed by atoms with Crippen LogP contribution in [0.1, 0.15) is 0 Å². The molecule has 0 saturated heterocycles. The van der Waals surface area contributed by atoms with Crippen LogP contribution in [-0.4, -0.2) is 31.3 Å². The van der Waals surface area contributed by atoms with Crippen molar-refractivity contribution >= 4 is 37.4 Å². The number of anilines is 1. The number of nitrogens with one attached hydrogen (secondary N) is 1. The Bertz CT molecular complexity index is 555. The smallest absolute Gasteiger partial charge is 0.327 e. The number of aliphatic carboxylic acids is 1. The third kappa shape index (κ3) is 1.92. The van der Waals surface area contributed by atoms with Crippen LogP contribution in [0, 0.1) is 0 Å². The van der Waals surface area contributed by atoms with Crippen molar-refractivity contribution in [3.05, 3.63) is 22.7 Å². The topological polar surface area (TPSA) is 83.5 Å². The molecular formula is C9H8BrNO4S. The van der Waals surface area contributed by atoms with Crippen molar-refractivity contribution in [1.29, 1.82) is 0 Å². The summed E-state index contributed by atoms with van der Waals surface area (Å²) in [6, 6.07) is 3.59. The fourth-order valence-corrected chi connectivity index (χ4v) is 3.67. The molecule has 0 aliphatic carbocycles. The maximum atomic E-state index is 11.8. The van der Waals surface area contributed by atoms with Crippen molar-refractivity contribution in [3.63, 3.8) is 0 Å². The Kier molecular flexibility index (Phi) is 2.67. The van der Waals surface area contributed by atoms with Crippen LogP contribution in [0.15, 0.2) is 27.6 Å². The zero-order chi connectivity index (χ0) is 11.9. The average molecular weight is 306 g/mol. The van der Waals surface area contributed by atoms with E-state index in [9.17, 15) is 13.2 Å². The first-order valence-electron chi connectivity index (χ1n) is 4.42. The molecule has 0 saturated carbocycles. The van der Waals surface area contributed by atoms with Gasteiger partial charge in [0.15, 0.2) is 9.84 Å². The van der Waals surface area contributed by atoms with Gasteiger partial charge in [0.05, 0.1) is 16.3 Å². The Morgan fingerprint density at radius 2 is 2.19 bits per heavy atom. The van der Waals surface area contributed by atoms with E-state index in [1.165, 1.54) is 6.07 Å². The predicted octanol–water partition coefficient (Wildman–Crippen LogP) is 1.10. The zero-order valence-corrected chi connectivity index (χ0v) is 10.4. The van der Waals surface area contributed by atoms with Gasteiger partial charge in [0, 0.05) is 4.47 Å². The first-order valence-corrected chi connectivity index (χ1v) is 6.86. The van der Waals surface area contributed by atoms with Crippen LogP contribution in [0.25, 0.3) is 0 Å². The molecule has 2 rings (SSSR count). The maximum absolute atomic E-state index is 11.8. The molecule has 1 aromatic rings. The fourth-order valence-electron chi connectivity index (χ4n) is 1.54. The number of carboxylic acids is 1. The molecule has 2 N–H and O–H groups in total. The molecule has 1 aliphatic rings. The number of halogens is 1. The summed E-state index contributed by atoms with van der Waals surface area (Å²) in [4.78, 5) is 10.9. The van der Waals surface area contributed by atoms with E-state index in [2.05, 4.69) is 21.2 Å². The fraction of sp³-hybridized carbons (Fsp3) is 0.222. The molecule has 1 atom stereocenters. The zero-order valence-electron chi connectivity index (χ0n) is 7.97. The lowest BCUT2D eigenvalue weighted by Gasteiger charge is -2.24. The number of fused-ring (bicyclic) bond motifs is 1. The van der Waals surface area contributed by atoms with Crippen LogP contribution < -0.4 is 5.32 Å². The molecule has 1 aromatic carbocycles. The monoisotopic (exact) mass is 305 g/mol. The van der Waals surface area contributed by atoms with Gasteiger partial charge in [-0.15, -0.1) is 0 Å². The van der Waals surface area contributed by atoms with Gasteiger partial charge in [-0.05, 0) is 18.2 Å². The minimum atomic E-state index is -3.53. The minimum Gasteiger partial charge on any atom is -0.480 e. The first-order chi connectivity index (χ1) is 7.40. The lowest BCUT2D eigenvalue weighted by atomic mass is 10.2. The Balaban J connectivity index is 2.56. The van der Waals surface area contributed by atoms with E-state index in [0.717, 1.165) is 0 Å². The SMILES string of the molecule is O=C(O)C1CS(=O)(=O)c2cc(Br)ccc2N1. The molecule has 0 fully saturated rings. The molecule has 86 valence electrons. The van der Waals surface area contributed by atoms with Crippen LogP contribution in [-0.2, 0) is 14.6 Å². The van der Waals surface area contributed by atoms with Crippen molar-refractivity contribution in [2.24, 2.45) is 0 Å². The highest BCUT2D eigenvalue weighted by Gasteiger charge is 2.33. The Morgan fingerprint density at radius 3 is 2.81 bits per heavy atom. The third-order valence-electron chi connectivity index (χ3n) is 2.29. The highest BCUT2D eigenvalue weighted by Crippen LogP contribution is 2.30. The highest BCUT2D eigenvalue weighted by molar-refractivity contribution is 9.10. The molecule has 1 unspecified atom stereocenters. The van der Waals surface area contributed by atoms with Gasteiger partial charge in [0.1, 0.15) is 6.04 Å². The second kappa shape index (κ2) is 3.74. The van der Waals surface area contributed by atoms with Gasteiger partial charge in [0.25, 0.3) is 0 Å². The summed E-state index contributed by atoms with van der Waals surface area (Å²) in [5, 5.41) is 11.5. The third-order valence-corrected chi connectivity index (χ3v) is 4.57. The standard InChI is InChI=1S/C9H8BrNO4S/c10-5-1-2-6-8(3-5)16(14,15)4-7(11-6)9(12)13/h1-3,7,11H,4H2,(H,12,13). The molecule has 16 heavy (non-hydrogen) atoms. The van der Waals surface area contributed by atoms with Crippen molar-refractivity contribution in [1.82, 2.24) is 0 Å². The molecule has 1 aliphatic heterocycles. The number of sulfone groups is 1. The number of carbonyl (C=O) groups is 1. The summed E-state index contributed by atoms with van der Waals surface area (Å²) in [6.45, 7) is 0. The van der Waals surface area contributed by atoms with Crippen LogP contribution in [0.2, 0.25) is 0 Å². The predicted molar refractivity (Wildman–Crippen MR) is 61.2 cm³/mol. The molecule has 0 amide bonds. The van der Waals surface area contributed by atoms with Gasteiger partial charge in [-0.1, -0.05) is 15.9 Å². The van der Waals surface area contributed by atoms with Gasteiger partial charge in [-0.2, -0.15) is 0 Å². The summed E-state index contributed by atoms with van der Waals surface area (Å²) >= 11 is 3.18. The molecule has 5 nitrogen and oxygen atoms in total. The maximum Gasteiger partial charge on any atom is 0.327 e. The van der Waals surface area contributed by atoms with Gasteiger partial charge in [0.2, 0.25) is 0 Å². The van der Waals surface area contributed by atoms with Gasteiger partial charge < -0.3 is 10.4 Å². The molecule has 0 bridgehead atoms. The summed E-state index contributed by atoms with van der Waals surface area (Å²) in [7, 11) is -3.53. The van der Waals surface area contributed by atoms with Crippen LogP contribution in [0.5, 0.6) is 0 Å². The van der Waals surface area contributed by atoms with E-state index in [4.69, 9.17) is 5.11 Å². The highest BCUT2D eigenvalue weighted by atomic mass is 79.9.